The van der Waals surface area contributed by atoms with Crippen molar-refractivity contribution >= 4 is 38.8 Å². The highest BCUT2D eigenvalue weighted by molar-refractivity contribution is 7.19. The normalized spacial score (nSPS) is 11.2. The van der Waals surface area contributed by atoms with Gasteiger partial charge in [-0.2, -0.15) is 0 Å². The minimum atomic E-state index is -0.140. The van der Waals surface area contributed by atoms with Gasteiger partial charge in [0.1, 0.15) is 11.4 Å². The SMILES string of the molecule is CCCN(CCC)C(=O)Cn1cnc2scc(-c3ccc(C)s3)c2c1=O. The van der Waals surface area contributed by atoms with E-state index in [1.54, 1.807) is 11.3 Å². The summed E-state index contributed by atoms with van der Waals surface area (Å²) in [5, 5.41) is 2.60. The van der Waals surface area contributed by atoms with E-state index in [0.29, 0.717) is 5.39 Å². The molecule has 0 aromatic carbocycles. The average Bonchev–Trinajstić information content (AvgIpc) is 3.23. The highest BCUT2D eigenvalue weighted by atomic mass is 32.1. The summed E-state index contributed by atoms with van der Waals surface area (Å²) in [6.45, 7) is 7.63. The maximum Gasteiger partial charge on any atom is 0.263 e. The summed E-state index contributed by atoms with van der Waals surface area (Å²) in [6, 6.07) is 4.09. The molecular formula is C19H23N3O2S2. The van der Waals surface area contributed by atoms with E-state index in [0.717, 1.165) is 41.2 Å². The smallest absolute Gasteiger partial charge is 0.263 e. The summed E-state index contributed by atoms with van der Waals surface area (Å²) in [5.74, 6) is -0.0271. The van der Waals surface area contributed by atoms with E-state index in [1.165, 1.54) is 27.1 Å². The number of rotatable bonds is 7. The minimum absolute atomic E-state index is 0.0271. The molecule has 0 unspecified atom stereocenters. The van der Waals surface area contributed by atoms with Gasteiger partial charge in [0, 0.05) is 33.8 Å². The van der Waals surface area contributed by atoms with Crippen molar-refractivity contribution in [2.24, 2.45) is 0 Å². The molecule has 3 rings (SSSR count). The van der Waals surface area contributed by atoms with Crippen molar-refractivity contribution in [1.82, 2.24) is 14.5 Å². The Morgan fingerprint density at radius 2 is 1.96 bits per heavy atom. The van der Waals surface area contributed by atoms with Crippen LogP contribution in [-0.2, 0) is 11.3 Å². The Labute approximate surface area is 160 Å². The van der Waals surface area contributed by atoms with Crippen LogP contribution in [0.5, 0.6) is 0 Å². The molecule has 3 aromatic rings. The van der Waals surface area contributed by atoms with Crippen LogP contribution in [0.25, 0.3) is 20.7 Å². The lowest BCUT2D eigenvalue weighted by Gasteiger charge is -2.21. The number of fused-ring (bicyclic) bond motifs is 1. The van der Waals surface area contributed by atoms with Crippen molar-refractivity contribution in [3.63, 3.8) is 0 Å². The molecule has 0 fully saturated rings. The van der Waals surface area contributed by atoms with E-state index in [-0.39, 0.29) is 18.0 Å². The fourth-order valence-corrected chi connectivity index (χ4v) is 4.85. The monoisotopic (exact) mass is 389 g/mol. The van der Waals surface area contributed by atoms with E-state index in [1.807, 2.05) is 23.3 Å². The molecule has 5 nitrogen and oxygen atoms in total. The van der Waals surface area contributed by atoms with Gasteiger partial charge in [-0.25, -0.2) is 4.98 Å². The number of hydrogen-bond acceptors (Lipinski definition) is 5. The average molecular weight is 390 g/mol. The van der Waals surface area contributed by atoms with Crippen molar-refractivity contribution in [3.8, 4) is 10.4 Å². The second-order valence-corrected chi connectivity index (χ2v) is 8.44. The number of carbonyl (C=O) groups is 1. The molecule has 26 heavy (non-hydrogen) atoms. The van der Waals surface area contributed by atoms with Crippen LogP contribution < -0.4 is 5.56 Å². The van der Waals surface area contributed by atoms with Gasteiger partial charge in [-0.1, -0.05) is 13.8 Å². The van der Waals surface area contributed by atoms with E-state index >= 15 is 0 Å². The maximum atomic E-state index is 13.0. The standard InChI is InChI=1S/C19H23N3O2S2/c1-4-8-21(9-5-2)16(23)10-22-12-20-18-17(19(22)24)14(11-25-18)15-7-6-13(3)26-15/h6-7,11-12H,4-5,8-10H2,1-3H3. The van der Waals surface area contributed by atoms with Gasteiger partial charge >= 0.3 is 0 Å². The van der Waals surface area contributed by atoms with Gasteiger partial charge < -0.3 is 4.90 Å². The molecular weight excluding hydrogens is 366 g/mol. The third-order valence-electron chi connectivity index (χ3n) is 4.21. The molecule has 0 bridgehead atoms. The summed E-state index contributed by atoms with van der Waals surface area (Å²) < 4.78 is 1.44. The first kappa shape index (κ1) is 18.8. The summed E-state index contributed by atoms with van der Waals surface area (Å²) >= 11 is 3.13. The summed E-state index contributed by atoms with van der Waals surface area (Å²) in [6.07, 6.45) is 3.31. The Morgan fingerprint density at radius 3 is 2.58 bits per heavy atom. The molecule has 0 aliphatic heterocycles. The summed E-state index contributed by atoms with van der Waals surface area (Å²) in [7, 11) is 0. The van der Waals surface area contributed by atoms with Crippen LogP contribution in [-0.4, -0.2) is 33.4 Å². The first-order chi connectivity index (χ1) is 12.5. The molecule has 0 saturated carbocycles. The number of aryl methyl sites for hydroxylation is 1. The molecule has 138 valence electrons. The van der Waals surface area contributed by atoms with Crippen LogP contribution in [0.15, 0.2) is 28.6 Å². The fourth-order valence-electron chi connectivity index (χ4n) is 2.99. The van der Waals surface area contributed by atoms with Crippen molar-refractivity contribution in [2.45, 2.75) is 40.2 Å². The lowest BCUT2D eigenvalue weighted by atomic mass is 10.2. The molecule has 1 amide bonds. The Morgan fingerprint density at radius 1 is 1.23 bits per heavy atom. The zero-order valence-corrected chi connectivity index (χ0v) is 17.0. The Balaban J connectivity index is 1.96. The minimum Gasteiger partial charge on any atom is -0.341 e. The number of amides is 1. The van der Waals surface area contributed by atoms with Crippen LogP contribution in [0.1, 0.15) is 31.6 Å². The molecule has 0 aliphatic rings. The van der Waals surface area contributed by atoms with Gasteiger partial charge in [0.25, 0.3) is 5.56 Å². The molecule has 0 N–H and O–H groups in total. The maximum absolute atomic E-state index is 13.0. The third-order valence-corrected chi connectivity index (χ3v) is 6.13. The molecule has 0 aliphatic carbocycles. The third kappa shape index (κ3) is 3.73. The van der Waals surface area contributed by atoms with Gasteiger partial charge in [-0.15, -0.1) is 22.7 Å². The van der Waals surface area contributed by atoms with Crippen LogP contribution in [0.2, 0.25) is 0 Å². The van der Waals surface area contributed by atoms with Crippen LogP contribution in [0.3, 0.4) is 0 Å². The highest BCUT2D eigenvalue weighted by Gasteiger charge is 2.17. The van der Waals surface area contributed by atoms with Crippen molar-refractivity contribution in [1.29, 1.82) is 0 Å². The van der Waals surface area contributed by atoms with Gasteiger partial charge in [0.05, 0.1) is 11.7 Å². The van der Waals surface area contributed by atoms with Crippen molar-refractivity contribution in [3.05, 3.63) is 39.1 Å². The highest BCUT2D eigenvalue weighted by Crippen LogP contribution is 2.34. The van der Waals surface area contributed by atoms with Gasteiger partial charge in [-0.05, 0) is 31.9 Å². The predicted octanol–water partition coefficient (Wildman–Crippen LogP) is 4.14. The van der Waals surface area contributed by atoms with Gasteiger partial charge in [0.2, 0.25) is 5.91 Å². The lowest BCUT2D eigenvalue weighted by molar-refractivity contribution is -0.132. The molecule has 0 saturated heterocycles. The van der Waals surface area contributed by atoms with Crippen molar-refractivity contribution < 1.29 is 4.79 Å². The quantitative estimate of drug-likeness (QED) is 0.610. The molecule has 7 heteroatoms. The summed E-state index contributed by atoms with van der Waals surface area (Å²) in [5.41, 5.74) is 0.778. The Bertz CT molecular complexity index is 965. The first-order valence-electron chi connectivity index (χ1n) is 8.86. The van der Waals surface area contributed by atoms with E-state index in [9.17, 15) is 9.59 Å². The zero-order chi connectivity index (χ0) is 18.7. The van der Waals surface area contributed by atoms with Crippen molar-refractivity contribution in [2.75, 3.05) is 13.1 Å². The van der Waals surface area contributed by atoms with Gasteiger partial charge in [0.15, 0.2) is 0 Å². The van der Waals surface area contributed by atoms with E-state index in [4.69, 9.17) is 0 Å². The fraction of sp³-hybridized carbons (Fsp3) is 0.421. The number of nitrogens with zero attached hydrogens (tertiary/aromatic N) is 3. The Hall–Kier alpha value is -1.99. The second kappa shape index (κ2) is 8.14. The largest absolute Gasteiger partial charge is 0.341 e. The van der Waals surface area contributed by atoms with E-state index in [2.05, 4.69) is 24.9 Å². The number of aromatic nitrogens is 2. The zero-order valence-electron chi connectivity index (χ0n) is 15.3. The van der Waals surface area contributed by atoms with Crippen LogP contribution in [0, 0.1) is 6.92 Å². The van der Waals surface area contributed by atoms with Gasteiger partial charge in [-0.3, -0.25) is 14.2 Å². The van der Waals surface area contributed by atoms with E-state index < -0.39 is 0 Å². The Kier molecular flexibility index (Phi) is 5.88. The second-order valence-electron chi connectivity index (χ2n) is 6.30. The molecule has 3 heterocycles. The number of hydrogen-bond donors (Lipinski definition) is 0. The van der Waals surface area contributed by atoms with Crippen LogP contribution >= 0.6 is 22.7 Å². The summed E-state index contributed by atoms with van der Waals surface area (Å²) in [4.78, 5) is 34.9. The number of carbonyl (C=O) groups excluding carboxylic acids is 1. The molecule has 0 spiro atoms. The molecule has 3 aromatic heterocycles. The first-order valence-corrected chi connectivity index (χ1v) is 10.6. The number of thiophene rings is 2. The topological polar surface area (TPSA) is 55.2 Å². The molecule has 0 atom stereocenters. The molecule has 0 radical (unpaired) electrons. The van der Waals surface area contributed by atoms with Crippen LogP contribution in [0.4, 0.5) is 0 Å². The lowest BCUT2D eigenvalue weighted by Crippen LogP contribution is -2.37. The predicted molar refractivity (Wildman–Crippen MR) is 109 cm³/mol.